The number of morpholine rings is 2. The molecule has 0 saturated carbocycles. The molecule has 0 aromatic rings. The van der Waals surface area contributed by atoms with Crippen LogP contribution < -0.4 is 5.32 Å². The average Bonchev–Trinajstić information content (AvgIpc) is 2.46. The minimum atomic E-state index is -0.370. The van der Waals surface area contributed by atoms with Crippen LogP contribution in [0.4, 0.5) is 4.79 Å². The number of hydrogen-bond acceptors (Lipinski definition) is 6. The van der Waals surface area contributed by atoms with Gasteiger partial charge in [0, 0.05) is 19.6 Å². The molecule has 18 heavy (non-hydrogen) atoms. The summed E-state index contributed by atoms with van der Waals surface area (Å²) in [5, 5.41) is 12.2. The standard InChI is InChI=1S/C11H20N2O5/c14-7-10-6-13(2-4-17-10)11(15)18-8-9-5-12-1-3-16-9/h9-10,12,14H,1-8H2. The Hall–Kier alpha value is -0.890. The summed E-state index contributed by atoms with van der Waals surface area (Å²) in [6.07, 6.45) is -0.748. The van der Waals surface area contributed by atoms with Crippen molar-refractivity contribution in [1.82, 2.24) is 10.2 Å². The van der Waals surface area contributed by atoms with E-state index in [2.05, 4.69) is 5.32 Å². The van der Waals surface area contributed by atoms with Crippen LogP contribution in [0.25, 0.3) is 0 Å². The predicted molar refractivity (Wildman–Crippen MR) is 62.4 cm³/mol. The molecule has 2 saturated heterocycles. The van der Waals surface area contributed by atoms with Gasteiger partial charge < -0.3 is 29.5 Å². The first-order chi connectivity index (χ1) is 8.79. The maximum atomic E-state index is 11.8. The number of aliphatic hydroxyl groups excluding tert-OH is 1. The first-order valence-corrected chi connectivity index (χ1v) is 6.26. The topological polar surface area (TPSA) is 80.3 Å². The molecule has 2 N–H and O–H groups in total. The van der Waals surface area contributed by atoms with E-state index >= 15 is 0 Å². The normalized spacial score (nSPS) is 29.1. The minimum Gasteiger partial charge on any atom is -0.447 e. The van der Waals surface area contributed by atoms with E-state index in [1.807, 2.05) is 0 Å². The summed E-state index contributed by atoms with van der Waals surface area (Å²) >= 11 is 0. The van der Waals surface area contributed by atoms with Crippen LogP contribution in [0.3, 0.4) is 0 Å². The lowest BCUT2D eigenvalue weighted by Crippen LogP contribution is -2.48. The fraction of sp³-hybridized carbons (Fsp3) is 0.909. The third-order valence-electron chi connectivity index (χ3n) is 3.00. The monoisotopic (exact) mass is 260 g/mol. The van der Waals surface area contributed by atoms with Crippen molar-refractivity contribution in [3.8, 4) is 0 Å². The van der Waals surface area contributed by atoms with E-state index in [0.29, 0.717) is 32.8 Å². The SMILES string of the molecule is O=C(OCC1CNCCO1)N1CCOC(CO)C1. The summed E-state index contributed by atoms with van der Waals surface area (Å²) in [5.41, 5.74) is 0. The van der Waals surface area contributed by atoms with Gasteiger partial charge in [-0.2, -0.15) is 0 Å². The molecule has 0 aromatic carbocycles. The molecule has 0 aliphatic carbocycles. The van der Waals surface area contributed by atoms with E-state index in [-0.39, 0.29) is 31.5 Å². The summed E-state index contributed by atoms with van der Waals surface area (Å²) in [7, 11) is 0. The highest BCUT2D eigenvalue weighted by molar-refractivity contribution is 5.67. The van der Waals surface area contributed by atoms with Gasteiger partial charge in [-0.3, -0.25) is 0 Å². The van der Waals surface area contributed by atoms with Gasteiger partial charge in [0.25, 0.3) is 0 Å². The molecule has 2 unspecified atom stereocenters. The van der Waals surface area contributed by atoms with Gasteiger partial charge in [0.2, 0.25) is 0 Å². The molecule has 0 spiro atoms. The summed E-state index contributed by atoms with van der Waals surface area (Å²) in [5.74, 6) is 0. The van der Waals surface area contributed by atoms with Crippen LogP contribution in [0.2, 0.25) is 0 Å². The number of nitrogens with zero attached hydrogens (tertiary/aromatic N) is 1. The Balaban J connectivity index is 1.70. The van der Waals surface area contributed by atoms with Crippen molar-refractivity contribution >= 4 is 6.09 Å². The molecular formula is C11H20N2O5. The number of rotatable bonds is 3. The van der Waals surface area contributed by atoms with Gasteiger partial charge >= 0.3 is 6.09 Å². The molecule has 2 aliphatic heterocycles. The van der Waals surface area contributed by atoms with E-state index in [1.54, 1.807) is 4.90 Å². The van der Waals surface area contributed by atoms with Gasteiger partial charge in [0.1, 0.15) is 12.7 Å². The van der Waals surface area contributed by atoms with Gasteiger partial charge in [-0.25, -0.2) is 4.79 Å². The van der Waals surface area contributed by atoms with Crippen LogP contribution >= 0.6 is 0 Å². The predicted octanol–water partition coefficient (Wildman–Crippen LogP) is -1.20. The molecule has 0 radical (unpaired) electrons. The molecule has 2 atom stereocenters. The van der Waals surface area contributed by atoms with Crippen molar-refractivity contribution in [2.45, 2.75) is 12.2 Å². The Morgan fingerprint density at radius 1 is 1.39 bits per heavy atom. The molecule has 2 heterocycles. The van der Waals surface area contributed by atoms with E-state index in [0.717, 1.165) is 6.54 Å². The third-order valence-corrected chi connectivity index (χ3v) is 3.00. The van der Waals surface area contributed by atoms with Gasteiger partial charge in [-0.1, -0.05) is 0 Å². The number of aliphatic hydroxyl groups is 1. The molecule has 104 valence electrons. The van der Waals surface area contributed by atoms with Gasteiger partial charge in [-0.15, -0.1) is 0 Å². The maximum Gasteiger partial charge on any atom is 0.410 e. The second kappa shape index (κ2) is 6.89. The number of ether oxygens (including phenoxy) is 3. The van der Waals surface area contributed by atoms with Crippen LogP contribution in [-0.4, -0.2) is 80.9 Å². The highest BCUT2D eigenvalue weighted by atomic mass is 16.6. The number of carbonyl (C=O) groups is 1. The highest BCUT2D eigenvalue weighted by Gasteiger charge is 2.25. The highest BCUT2D eigenvalue weighted by Crippen LogP contribution is 2.07. The number of nitrogens with one attached hydrogen (secondary N) is 1. The van der Waals surface area contributed by atoms with E-state index < -0.39 is 0 Å². The van der Waals surface area contributed by atoms with Gasteiger partial charge in [0.15, 0.2) is 0 Å². The Morgan fingerprint density at radius 3 is 2.94 bits per heavy atom. The molecule has 7 nitrogen and oxygen atoms in total. The smallest absolute Gasteiger partial charge is 0.410 e. The van der Waals surface area contributed by atoms with Gasteiger partial charge in [0.05, 0.1) is 32.5 Å². The molecule has 1 amide bonds. The zero-order valence-electron chi connectivity index (χ0n) is 10.3. The first kappa shape index (κ1) is 13.5. The van der Waals surface area contributed by atoms with Crippen LogP contribution in [0.5, 0.6) is 0 Å². The van der Waals surface area contributed by atoms with Crippen molar-refractivity contribution in [3.05, 3.63) is 0 Å². The van der Waals surface area contributed by atoms with Crippen LogP contribution in [0.15, 0.2) is 0 Å². The summed E-state index contributed by atoms with van der Waals surface area (Å²) in [6, 6.07) is 0. The van der Waals surface area contributed by atoms with Crippen molar-refractivity contribution < 1.29 is 24.1 Å². The molecule has 0 bridgehead atoms. The largest absolute Gasteiger partial charge is 0.447 e. The van der Waals surface area contributed by atoms with Crippen LogP contribution in [-0.2, 0) is 14.2 Å². The summed E-state index contributed by atoms with van der Waals surface area (Å²) in [6.45, 7) is 3.67. The molecule has 2 aliphatic rings. The second-order valence-corrected chi connectivity index (χ2v) is 4.40. The van der Waals surface area contributed by atoms with E-state index in [4.69, 9.17) is 19.3 Å². The average molecular weight is 260 g/mol. The summed E-state index contributed by atoms with van der Waals surface area (Å²) < 4.78 is 15.9. The lowest BCUT2D eigenvalue weighted by atomic mass is 10.3. The van der Waals surface area contributed by atoms with E-state index in [1.165, 1.54) is 0 Å². The molecule has 0 aromatic heterocycles. The Morgan fingerprint density at radius 2 is 2.22 bits per heavy atom. The summed E-state index contributed by atoms with van der Waals surface area (Å²) in [4.78, 5) is 13.3. The van der Waals surface area contributed by atoms with Crippen LogP contribution in [0, 0.1) is 0 Å². The van der Waals surface area contributed by atoms with Crippen molar-refractivity contribution in [1.29, 1.82) is 0 Å². The minimum absolute atomic E-state index is 0.0719. The Kier molecular flexibility index (Phi) is 5.18. The number of amides is 1. The molecule has 2 rings (SSSR count). The fourth-order valence-corrected chi connectivity index (χ4v) is 1.98. The maximum absolute atomic E-state index is 11.8. The lowest BCUT2D eigenvalue weighted by molar-refractivity contribution is -0.0583. The van der Waals surface area contributed by atoms with Gasteiger partial charge in [-0.05, 0) is 0 Å². The zero-order chi connectivity index (χ0) is 12.8. The van der Waals surface area contributed by atoms with E-state index in [9.17, 15) is 4.79 Å². The van der Waals surface area contributed by atoms with Crippen LogP contribution in [0.1, 0.15) is 0 Å². The molecule has 2 fully saturated rings. The third kappa shape index (κ3) is 3.81. The van der Waals surface area contributed by atoms with Crippen molar-refractivity contribution in [2.75, 3.05) is 52.6 Å². The zero-order valence-corrected chi connectivity index (χ0v) is 10.3. The molecule has 7 heteroatoms. The Bertz CT molecular complexity index is 270. The second-order valence-electron chi connectivity index (χ2n) is 4.40. The fourth-order valence-electron chi connectivity index (χ4n) is 1.98. The lowest BCUT2D eigenvalue weighted by Gasteiger charge is -2.32. The van der Waals surface area contributed by atoms with Crippen molar-refractivity contribution in [3.63, 3.8) is 0 Å². The molecular weight excluding hydrogens is 240 g/mol. The number of carbonyl (C=O) groups excluding carboxylic acids is 1. The quantitative estimate of drug-likeness (QED) is 0.664. The van der Waals surface area contributed by atoms with Crippen molar-refractivity contribution in [2.24, 2.45) is 0 Å². The number of hydrogen-bond donors (Lipinski definition) is 2. The first-order valence-electron chi connectivity index (χ1n) is 6.26. The Labute approximate surface area is 106 Å².